The molecule has 13 heteroatoms. The largest absolute Gasteiger partial charge is 0.397 e. The van der Waals surface area contributed by atoms with Crippen molar-refractivity contribution in [3.8, 4) is 0 Å². The Bertz CT molecular complexity index is 631. The summed E-state index contributed by atoms with van der Waals surface area (Å²) < 4.78 is 33.1. The van der Waals surface area contributed by atoms with Gasteiger partial charge in [-0.15, -0.1) is 0 Å². The minimum absolute atomic E-state index is 0.00782. The molecule has 7 N–H and O–H groups in total. The molecule has 5 atom stereocenters. The number of hydrogen-bond acceptors (Lipinski definition) is 9. The number of hydrogen-bond donors (Lipinski definition) is 7. The van der Waals surface area contributed by atoms with Gasteiger partial charge in [0, 0.05) is 19.5 Å². The van der Waals surface area contributed by atoms with E-state index in [-0.39, 0.29) is 18.4 Å². The zero-order chi connectivity index (χ0) is 24.0. The number of unbranched alkanes of at least 4 members (excludes halogenated alkanes) is 2. The molecule has 0 aliphatic rings. The van der Waals surface area contributed by atoms with E-state index in [0.717, 1.165) is 19.3 Å². The Balaban J connectivity index is 4.15. The van der Waals surface area contributed by atoms with Crippen LogP contribution < -0.4 is 10.6 Å². The molecule has 0 rings (SSSR count). The van der Waals surface area contributed by atoms with Gasteiger partial charge in [-0.3, -0.25) is 14.1 Å². The first-order chi connectivity index (χ1) is 14.4. The maximum absolute atomic E-state index is 11.9. The molecule has 0 aromatic heterocycles. The van der Waals surface area contributed by atoms with Crippen molar-refractivity contribution in [2.24, 2.45) is 5.92 Å². The number of rotatable bonds is 17. The molecule has 12 nitrogen and oxygen atoms in total. The van der Waals surface area contributed by atoms with Crippen LogP contribution in [0.4, 0.5) is 0 Å². The highest BCUT2D eigenvalue weighted by atomic mass is 32.3. The summed E-state index contributed by atoms with van der Waals surface area (Å²) in [6.07, 6.45) is -3.68. The zero-order valence-corrected chi connectivity index (χ0v) is 18.8. The molecule has 0 saturated carbocycles. The Labute approximate surface area is 182 Å². The standard InChI is InChI=1S/C18H36N2O10S/c1-3-4-5-8-14(22)20-10-12(2)7-6-9-19-18(26)17(25)16(24)15(23)13(21)11-30-31(27,28)29/h12-13,15-17,21,23-25H,3-11H2,1-2H3,(H,19,26)(H,20,22)(H,27,28,29)/t12-,13-,15-,16+,17-/m1/s1. The fourth-order valence-electron chi connectivity index (χ4n) is 2.60. The van der Waals surface area contributed by atoms with Gasteiger partial charge in [-0.25, -0.2) is 4.18 Å². The average Bonchev–Trinajstić information content (AvgIpc) is 2.71. The second-order valence-corrected chi connectivity index (χ2v) is 8.60. The third kappa shape index (κ3) is 14.4. The molecule has 0 aliphatic heterocycles. The summed E-state index contributed by atoms with van der Waals surface area (Å²) in [6.45, 7) is 3.60. The van der Waals surface area contributed by atoms with Crippen molar-refractivity contribution < 1.29 is 47.2 Å². The maximum Gasteiger partial charge on any atom is 0.397 e. The Kier molecular flexibility index (Phi) is 14.8. The molecule has 0 aromatic carbocycles. The molecular weight excluding hydrogens is 436 g/mol. The highest BCUT2D eigenvalue weighted by molar-refractivity contribution is 7.80. The van der Waals surface area contributed by atoms with Gasteiger partial charge in [0.05, 0.1) is 6.61 Å². The highest BCUT2D eigenvalue weighted by Gasteiger charge is 2.34. The summed E-state index contributed by atoms with van der Waals surface area (Å²) in [7, 11) is -4.87. The molecule has 0 heterocycles. The fourth-order valence-corrected chi connectivity index (χ4v) is 2.92. The van der Waals surface area contributed by atoms with Gasteiger partial charge < -0.3 is 31.1 Å². The van der Waals surface area contributed by atoms with Gasteiger partial charge in [0.25, 0.3) is 5.91 Å². The van der Waals surface area contributed by atoms with Gasteiger partial charge in [-0.05, 0) is 25.2 Å². The monoisotopic (exact) mass is 472 g/mol. The lowest BCUT2D eigenvalue weighted by Gasteiger charge is -2.25. The lowest BCUT2D eigenvalue weighted by Crippen LogP contribution is -2.52. The smallest absolute Gasteiger partial charge is 0.388 e. The number of carbonyl (C=O) groups excluding carboxylic acids is 2. The molecule has 0 bridgehead atoms. The van der Waals surface area contributed by atoms with Crippen LogP contribution in [0, 0.1) is 5.92 Å². The second-order valence-electron chi connectivity index (χ2n) is 7.51. The molecule has 0 fully saturated rings. The first-order valence-corrected chi connectivity index (χ1v) is 11.6. The van der Waals surface area contributed by atoms with Crippen LogP contribution >= 0.6 is 0 Å². The summed E-state index contributed by atoms with van der Waals surface area (Å²) in [4.78, 5) is 23.5. The van der Waals surface area contributed by atoms with Crippen molar-refractivity contribution in [1.29, 1.82) is 0 Å². The van der Waals surface area contributed by atoms with E-state index in [1.807, 2.05) is 6.92 Å². The van der Waals surface area contributed by atoms with Gasteiger partial charge in [0.1, 0.15) is 18.3 Å². The van der Waals surface area contributed by atoms with E-state index in [4.69, 9.17) is 4.55 Å². The van der Waals surface area contributed by atoms with Crippen molar-refractivity contribution in [3.63, 3.8) is 0 Å². The van der Waals surface area contributed by atoms with E-state index in [1.165, 1.54) is 0 Å². The topological polar surface area (TPSA) is 203 Å². The summed E-state index contributed by atoms with van der Waals surface area (Å²) >= 11 is 0. The van der Waals surface area contributed by atoms with Gasteiger partial charge in [0.2, 0.25) is 5.91 Å². The summed E-state index contributed by atoms with van der Waals surface area (Å²) in [6, 6.07) is 0. The highest BCUT2D eigenvalue weighted by Crippen LogP contribution is 2.08. The number of aliphatic hydroxyl groups excluding tert-OH is 4. The van der Waals surface area contributed by atoms with Crippen molar-refractivity contribution in [2.75, 3.05) is 19.7 Å². The number of carbonyl (C=O) groups is 2. The van der Waals surface area contributed by atoms with Crippen LogP contribution in [0.2, 0.25) is 0 Å². The Morgan fingerprint density at radius 3 is 2.23 bits per heavy atom. The molecular formula is C18H36N2O10S. The maximum atomic E-state index is 11.9. The number of aliphatic hydroxyl groups is 4. The molecule has 184 valence electrons. The van der Waals surface area contributed by atoms with E-state index in [2.05, 4.69) is 21.7 Å². The summed E-state index contributed by atoms with van der Waals surface area (Å²) in [5, 5.41) is 44.0. The van der Waals surface area contributed by atoms with Crippen molar-refractivity contribution in [2.45, 2.75) is 76.8 Å². The quantitative estimate of drug-likeness (QED) is 0.0962. The lowest BCUT2D eigenvalue weighted by atomic mass is 10.0. The normalized spacial score (nSPS) is 16.7. The van der Waals surface area contributed by atoms with Crippen molar-refractivity contribution in [1.82, 2.24) is 10.6 Å². The van der Waals surface area contributed by atoms with Gasteiger partial charge in [-0.1, -0.05) is 26.7 Å². The molecule has 0 unspecified atom stereocenters. The van der Waals surface area contributed by atoms with Gasteiger partial charge in [0.15, 0.2) is 6.10 Å². The average molecular weight is 473 g/mol. The fraction of sp³-hybridized carbons (Fsp3) is 0.889. The second kappa shape index (κ2) is 15.5. The van der Waals surface area contributed by atoms with Crippen LogP contribution in [-0.2, 0) is 24.2 Å². The van der Waals surface area contributed by atoms with E-state index in [9.17, 15) is 38.4 Å². The molecule has 0 saturated heterocycles. The van der Waals surface area contributed by atoms with E-state index in [0.29, 0.717) is 25.8 Å². The lowest BCUT2D eigenvalue weighted by molar-refractivity contribution is -0.148. The number of amides is 2. The van der Waals surface area contributed by atoms with Crippen LogP contribution in [0.5, 0.6) is 0 Å². The zero-order valence-electron chi connectivity index (χ0n) is 17.9. The van der Waals surface area contributed by atoms with Gasteiger partial charge >= 0.3 is 10.4 Å². The van der Waals surface area contributed by atoms with Crippen molar-refractivity contribution >= 4 is 22.2 Å². The molecule has 0 aromatic rings. The Morgan fingerprint density at radius 2 is 1.65 bits per heavy atom. The van der Waals surface area contributed by atoms with Crippen LogP contribution in [-0.4, -0.2) is 89.3 Å². The van der Waals surface area contributed by atoms with Crippen LogP contribution in [0.3, 0.4) is 0 Å². The predicted octanol–water partition coefficient (Wildman–Crippen LogP) is -1.52. The molecule has 0 aliphatic carbocycles. The van der Waals surface area contributed by atoms with E-state index < -0.39 is 47.3 Å². The predicted molar refractivity (Wildman–Crippen MR) is 110 cm³/mol. The first-order valence-electron chi connectivity index (χ1n) is 10.3. The van der Waals surface area contributed by atoms with E-state index in [1.54, 1.807) is 0 Å². The van der Waals surface area contributed by atoms with Crippen LogP contribution in [0.15, 0.2) is 0 Å². The SMILES string of the molecule is CCCCCC(=O)NC[C@H](C)CCCNC(=O)[C@H](O)[C@@H](O)[C@H](O)[C@H](O)COS(=O)(=O)O. The molecule has 0 radical (unpaired) electrons. The Hall–Kier alpha value is -1.35. The molecule has 0 spiro atoms. The minimum atomic E-state index is -4.87. The summed E-state index contributed by atoms with van der Waals surface area (Å²) in [5.41, 5.74) is 0. The van der Waals surface area contributed by atoms with E-state index >= 15 is 0 Å². The van der Waals surface area contributed by atoms with Crippen LogP contribution in [0.25, 0.3) is 0 Å². The minimum Gasteiger partial charge on any atom is -0.388 e. The third-order valence-corrected chi connectivity index (χ3v) is 4.99. The van der Waals surface area contributed by atoms with Crippen LogP contribution in [0.1, 0.15) is 52.4 Å². The third-order valence-electron chi connectivity index (χ3n) is 4.55. The van der Waals surface area contributed by atoms with Gasteiger partial charge in [-0.2, -0.15) is 8.42 Å². The first kappa shape index (κ1) is 29.7. The molecule has 31 heavy (non-hydrogen) atoms. The number of nitrogens with one attached hydrogen (secondary N) is 2. The Morgan fingerprint density at radius 1 is 1.00 bits per heavy atom. The van der Waals surface area contributed by atoms with Crippen molar-refractivity contribution in [3.05, 3.63) is 0 Å². The summed E-state index contributed by atoms with van der Waals surface area (Å²) in [5.74, 6) is -0.818. The molecule has 2 amide bonds.